The number of ether oxygens (including phenoxy) is 1. The first kappa shape index (κ1) is 12.8. The zero-order valence-electron chi connectivity index (χ0n) is 10.1. The standard InChI is InChI=1S/C14H15NO2S/c1-17-13-6-2-11(3-7-13)10-15-18-14-8-4-12(16)5-9-14/h2-9,15-16H,10H2,1H3. The first-order valence-electron chi connectivity index (χ1n) is 5.59. The third-order valence-electron chi connectivity index (χ3n) is 2.46. The van der Waals surface area contributed by atoms with Gasteiger partial charge in [0.15, 0.2) is 0 Å². The second-order valence-corrected chi connectivity index (χ2v) is 4.73. The molecular weight excluding hydrogens is 246 g/mol. The second kappa shape index (κ2) is 6.33. The molecule has 3 nitrogen and oxygen atoms in total. The van der Waals surface area contributed by atoms with Crippen molar-refractivity contribution in [2.24, 2.45) is 0 Å². The van der Waals surface area contributed by atoms with Crippen molar-refractivity contribution in [2.45, 2.75) is 11.4 Å². The summed E-state index contributed by atoms with van der Waals surface area (Å²) in [6.07, 6.45) is 0. The van der Waals surface area contributed by atoms with Crippen molar-refractivity contribution in [1.82, 2.24) is 4.72 Å². The minimum atomic E-state index is 0.287. The van der Waals surface area contributed by atoms with Crippen molar-refractivity contribution >= 4 is 11.9 Å². The van der Waals surface area contributed by atoms with Crippen LogP contribution in [-0.4, -0.2) is 12.2 Å². The van der Waals surface area contributed by atoms with E-state index in [1.807, 2.05) is 36.4 Å². The van der Waals surface area contributed by atoms with Gasteiger partial charge in [0.2, 0.25) is 0 Å². The van der Waals surface area contributed by atoms with Gasteiger partial charge in [-0.25, -0.2) is 0 Å². The van der Waals surface area contributed by atoms with Crippen molar-refractivity contribution < 1.29 is 9.84 Å². The topological polar surface area (TPSA) is 41.5 Å². The number of phenolic OH excluding ortho intramolecular Hbond substituents is 1. The highest BCUT2D eigenvalue weighted by atomic mass is 32.2. The molecule has 0 atom stereocenters. The van der Waals surface area contributed by atoms with E-state index in [4.69, 9.17) is 9.84 Å². The van der Waals surface area contributed by atoms with Crippen LogP contribution in [0.4, 0.5) is 0 Å². The monoisotopic (exact) mass is 261 g/mol. The van der Waals surface area contributed by atoms with Gasteiger partial charge in [-0.1, -0.05) is 12.1 Å². The van der Waals surface area contributed by atoms with E-state index >= 15 is 0 Å². The molecule has 0 aliphatic carbocycles. The molecule has 0 aliphatic heterocycles. The average molecular weight is 261 g/mol. The molecule has 0 saturated carbocycles. The lowest BCUT2D eigenvalue weighted by Crippen LogP contribution is -2.02. The number of nitrogens with one attached hydrogen (secondary N) is 1. The van der Waals surface area contributed by atoms with Crippen molar-refractivity contribution in [2.75, 3.05) is 7.11 Å². The van der Waals surface area contributed by atoms with Gasteiger partial charge in [0, 0.05) is 11.4 Å². The Morgan fingerprint density at radius 2 is 1.72 bits per heavy atom. The molecule has 0 spiro atoms. The summed E-state index contributed by atoms with van der Waals surface area (Å²) in [6, 6.07) is 15.1. The van der Waals surface area contributed by atoms with Gasteiger partial charge in [-0.3, -0.25) is 4.72 Å². The largest absolute Gasteiger partial charge is 0.508 e. The van der Waals surface area contributed by atoms with E-state index in [1.54, 1.807) is 31.2 Å². The van der Waals surface area contributed by atoms with Gasteiger partial charge in [-0.2, -0.15) is 0 Å². The first-order chi connectivity index (χ1) is 8.78. The molecular formula is C14H15NO2S. The second-order valence-electron chi connectivity index (χ2n) is 3.77. The van der Waals surface area contributed by atoms with Crippen molar-refractivity contribution in [3.63, 3.8) is 0 Å². The predicted molar refractivity (Wildman–Crippen MR) is 73.8 cm³/mol. The Balaban J connectivity index is 1.82. The molecule has 0 unspecified atom stereocenters. The van der Waals surface area contributed by atoms with E-state index in [0.717, 1.165) is 17.2 Å². The van der Waals surface area contributed by atoms with Gasteiger partial charge in [-0.15, -0.1) is 0 Å². The van der Waals surface area contributed by atoms with E-state index in [-0.39, 0.29) is 5.75 Å². The van der Waals surface area contributed by atoms with E-state index < -0.39 is 0 Å². The summed E-state index contributed by atoms with van der Waals surface area (Å²) in [5.74, 6) is 1.15. The summed E-state index contributed by atoms with van der Waals surface area (Å²) in [7, 11) is 1.66. The molecule has 2 N–H and O–H groups in total. The molecule has 0 fully saturated rings. The van der Waals surface area contributed by atoms with E-state index in [0.29, 0.717) is 0 Å². The maximum absolute atomic E-state index is 9.17. The van der Waals surface area contributed by atoms with Crippen LogP contribution in [0, 0.1) is 0 Å². The smallest absolute Gasteiger partial charge is 0.118 e. The molecule has 0 radical (unpaired) electrons. The Labute approximate surface area is 111 Å². The van der Waals surface area contributed by atoms with Crippen LogP contribution in [0.25, 0.3) is 0 Å². The number of hydrogen-bond acceptors (Lipinski definition) is 4. The van der Waals surface area contributed by atoms with Crippen LogP contribution in [-0.2, 0) is 6.54 Å². The molecule has 0 amide bonds. The van der Waals surface area contributed by atoms with Crippen LogP contribution in [0.15, 0.2) is 53.4 Å². The predicted octanol–water partition coefficient (Wildman–Crippen LogP) is 3.20. The van der Waals surface area contributed by atoms with Crippen LogP contribution in [0.2, 0.25) is 0 Å². The van der Waals surface area contributed by atoms with Gasteiger partial charge < -0.3 is 9.84 Å². The Morgan fingerprint density at radius 1 is 1.06 bits per heavy atom. The summed E-state index contributed by atoms with van der Waals surface area (Å²) in [5, 5.41) is 9.17. The molecule has 0 heterocycles. The summed E-state index contributed by atoms with van der Waals surface area (Å²) < 4.78 is 8.37. The summed E-state index contributed by atoms with van der Waals surface area (Å²) in [4.78, 5) is 1.07. The van der Waals surface area contributed by atoms with Crippen LogP contribution in [0.1, 0.15) is 5.56 Å². The molecule has 0 aliphatic rings. The highest BCUT2D eigenvalue weighted by Crippen LogP contribution is 2.19. The summed E-state index contributed by atoms with van der Waals surface area (Å²) >= 11 is 1.54. The Morgan fingerprint density at radius 3 is 2.33 bits per heavy atom. The number of methoxy groups -OCH3 is 1. The molecule has 18 heavy (non-hydrogen) atoms. The van der Waals surface area contributed by atoms with Crippen molar-refractivity contribution in [3.05, 3.63) is 54.1 Å². The fraction of sp³-hybridized carbons (Fsp3) is 0.143. The van der Waals surface area contributed by atoms with Crippen LogP contribution in [0.3, 0.4) is 0 Å². The fourth-order valence-corrected chi connectivity index (χ4v) is 2.14. The number of hydrogen-bond donors (Lipinski definition) is 2. The van der Waals surface area contributed by atoms with Gasteiger partial charge in [0.1, 0.15) is 11.5 Å². The van der Waals surface area contributed by atoms with Crippen molar-refractivity contribution in [1.29, 1.82) is 0 Å². The number of phenols is 1. The third kappa shape index (κ3) is 3.68. The van der Waals surface area contributed by atoms with Gasteiger partial charge >= 0.3 is 0 Å². The minimum Gasteiger partial charge on any atom is -0.508 e. The van der Waals surface area contributed by atoms with Gasteiger partial charge in [0.25, 0.3) is 0 Å². The van der Waals surface area contributed by atoms with Gasteiger partial charge in [-0.05, 0) is 53.9 Å². The minimum absolute atomic E-state index is 0.287. The lowest BCUT2D eigenvalue weighted by Gasteiger charge is -2.05. The first-order valence-corrected chi connectivity index (χ1v) is 6.41. The molecule has 0 aromatic heterocycles. The Kier molecular flexibility index (Phi) is 4.50. The molecule has 2 rings (SSSR count). The zero-order valence-corrected chi connectivity index (χ0v) is 10.9. The van der Waals surface area contributed by atoms with Crippen LogP contribution < -0.4 is 9.46 Å². The molecule has 2 aromatic carbocycles. The van der Waals surface area contributed by atoms with Crippen molar-refractivity contribution in [3.8, 4) is 11.5 Å². The lowest BCUT2D eigenvalue weighted by atomic mass is 10.2. The molecule has 4 heteroatoms. The maximum Gasteiger partial charge on any atom is 0.118 e. The molecule has 2 aromatic rings. The highest BCUT2D eigenvalue weighted by Gasteiger charge is 1.96. The Bertz CT molecular complexity index is 482. The number of rotatable bonds is 5. The Hall–Kier alpha value is -1.65. The zero-order chi connectivity index (χ0) is 12.8. The van der Waals surface area contributed by atoms with Gasteiger partial charge in [0.05, 0.1) is 7.11 Å². The van der Waals surface area contributed by atoms with Crippen LogP contribution >= 0.6 is 11.9 Å². The highest BCUT2D eigenvalue weighted by molar-refractivity contribution is 7.97. The van der Waals surface area contributed by atoms with E-state index in [9.17, 15) is 0 Å². The third-order valence-corrected chi connectivity index (χ3v) is 3.26. The quantitative estimate of drug-likeness (QED) is 0.811. The molecule has 94 valence electrons. The van der Waals surface area contributed by atoms with E-state index in [2.05, 4.69) is 4.72 Å². The van der Waals surface area contributed by atoms with Crippen LogP contribution in [0.5, 0.6) is 11.5 Å². The summed E-state index contributed by atoms with van der Waals surface area (Å²) in [6.45, 7) is 0.773. The van der Waals surface area contributed by atoms with E-state index in [1.165, 1.54) is 5.56 Å². The number of benzene rings is 2. The summed E-state index contributed by atoms with van der Waals surface area (Å²) in [5.41, 5.74) is 1.20. The lowest BCUT2D eigenvalue weighted by molar-refractivity contribution is 0.414. The molecule has 0 bridgehead atoms. The fourth-order valence-electron chi connectivity index (χ4n) is 1.46. The normalized spacial score (nSPS) is 10.3. The molecule has 0 saturated heterocycles. The maximum atomic E-state index is 9.17. The number of aromatic hydroxyl groups is 1. The average Bonchev–Trinajstić information content (AvgIpc) is 2.42. The SMILES string of the molecule is COc1ccc(CNSc2ccc(O)cc2)cc1.